The zero-order valence-corrected chi connectivity index (χ0v) is 32.3. The fourth-order valence-corrected chi connectivity index (χ4v) is 9.30. The number of carbonyl (C=O) groups is 1. The van der Waals surface area contributed by atoms with Crippen LogP contribution in [0.15, 0.2) is 60.8 Å². The number of nitrogens with zero attached hydrogens (tertiary/aromatic N) is 3. The normalized spacial score (nSPS) is 19.1. The molecule has 0 spiro atoms. The SMILES string of the molecule is Cn1nc2nc1-c1cc(ccc1F)Oc1c(F)cc3[nH]ccc3c1CCS(=O)(=O)CC(C)(C)CCCC2(C)c1cccc(CCC(=O)OC(C)(C)C)c1. The summed E-state index contributed by atoms with van der Waals surface area (Å²) in [7, 11) is -1.89. The first-order chi connectivity index (χ1) is 24.8. The number of benzene rings is 3. The Morgan fingerprint density at radius 1 is 1.04 bits per heavy atom. The lowest BCUT2D eigenvalue weighted by Gasteiger charge is -2.30. The van der Waals surface area contributed by atoms with E-state index in [2.05, 4.69) is 4.98 Å². The van der Waals surface area contributed by atoms with Gasteiger partial charge in [0.15, 0.2) is 33.1 Å². The maximum Gasteiger partial charge on any atom is 0.306 e. The van der Waals surface area contributed by atoms with E-state index in [1.54, 1.807) is 19.3 Å². The van der Waals surface area contributed by atoms with Crippen molar-refractivity contribution >= 4 is 26.7 Å². The van der Waals surface area contributed by atoms with E-state index in [1.165, 1.54) is 28.9 Å². The molecule has 12 heteroatoms. The zero-order chi connectivity index (χ0) is 38.3. The van der Waals surface area contributed by atoms with Crippen LogP contribution in [0.25, 0.3) is 22.3 Å². The van der Waals surface area contributed by atoms with Crippen molar-refractivity contribution in [1.82, 2.24) is 19.7 Å². The molecule has 282 valence electrons. The molecule has 4 bridgehead atoms. The predicted molar refractivity (Wildman–Crippen MR) is 202 cm³/mol. The Labute approximate surface area is 310 Å². The maximum atomic E-state index is 15.7. The number of sulfone groups is 1. The van der Waals surface area contributed by atoms with Gasteiger partial charge in [0.25, 0.3) is 0 Å². The van der Waals surface area contributed by atoms with Gasteiger partial charge < -0.3 is 14.5 Å². The molecule has 1 unspecified atom stereocenters. The Morgan fingerprint density at radius 3 is 2.57 bits per heavy atom. The third kappa shape index (κ3) is 8.64. The maximum absolute atomic E-state index is 15.7. The molecule has 0 saturated carbocycles. The summed E-state index contributed by atoms with van der Waals surface area (Å²) in [6, 6.07) is 15.1. The molecule has 3 aromatic carbocycles. The van der Waals surface area contributed by atoms with Crippen LogP contribution >= 0.6 is 0 Å². The number of aromatic amines is 1. The van der Waals surface area contributed by atoms with Crippen molar-refractivity contribution in [3.8, 4) is 22.9 Å². The summed E-state index contributed by atoms with van der Waals surface area (Å²) in [5, 5.41) is 5.49. The first kappa shape index (κ1) is 38.2. The molecule has 9 nitrogen and oxygen atoms in total. The van der Waals surface area contributed by atoms with Crippen molar-refractivity contribution < 1.29 is 31.5 Å². The Morgan fingerprint density at radius 2 is 1.81 bits per heavy atom. The number of rotatable bonds is 4. The Kier molecular flexibility index (Phi) is 10.3. The molecule has 1 aliphatic heterocycles. The number of aromatic nitrogens is 4. The number of nitrogens with one attached hydrogen (secondary N) is 1. The highest BCUT2D eigenvalue weighted by Crippen LogP contribution is 2.41. The molecule has 1 N–H and O–H groups in total. The minimum atomic E-state index is -3.59. The largest absolute Gasteiger partial charge is 0.460 e. The van der Waals surface area contributed by atoms with Crippen LogP contribution in [0.4, 0.5) is 8.78 Å². The van der Waals surface area contributed by atoms with Gasteiger partial charge in [0.05, 0.1) is 22.5 Å². The van der Waals surface area contributed by atoms with E-state index in [4.69, 9.17) is 19.6 Å². The van der Waals surface area contributed by atoms with Crippen LogP contribution in [-0.2, 0) is 44.7 Å². The van der Waals surface area contributed by atoms with E-state index in [1.807, 2.05) is 65.8 Å². The molecule has 6 rings (SSSR count). The minimum Gasteiger partial charge on any atom is -0.460 e. The Hall–Kier alpha value is -4.58. The standard InChI is InChI=1S/C41H48F2N4O5S/c1-39(2,3)52-35(48)15-12-26-10-8-11-27(22-26)41(6)19-9-18-40(4,5)25-53(49,50)21-17-30-29-16-20-44-34(29)24-33(43)36(30)51-28-13-14-32(42)31(23-28)37-45-38(41)46-47(37)7/h8,10-11,13-14,16,20,22-24,44H,9,12,15,17-19,21,25H2,1-7H3. The van der Waals surface area contributed by atoms with Gasteiger partial charge in [-0.2, -0.15) is 5.10 Å². The number of carbonyl (C=O) groups excluding carboxylic acids is 1. The lowest BCUT2D eigenvalue weighted by atomic mass is 9.75. The molecule has 1 atom stereocenters. The first-order valence-electron chi connectivity index (χ1n) is 18.0. The summed E-state index contributed by atoms with van der Waals surface area (Å²) in [4.78, 5) is 20.5. The second-order valence-corrected chi connectivity index (χ2v) is 18.4. The van der Waals surface area contributed by atoms with E-state index in [0.29, 0.717) is 48.0 Å². The first-order valence-corrected chi connectivity index (χ1v) is 19.8. The average Bonchev–Trinajstić information content (AvgIpc) is 3.69. The second-order valence-electron chi connectivity index (χ2n) is 16.2. The molecule has 3 heterocycles. The van der Waals surface area contributed by atoms with Crippen molar-refractivity contribution in [3.05, 3.63) is 94.9 Å². The summed E-state index contributed by atoms with van der Waals surface area (Å²) in [5.74, 6) is -0.978. The Balaban J connectivity index is 1.44. The van der Waals surface area contributed by atoms with Crippen LogP contribution in [-0.4, -0.2) is 51.2 Å². The number of fused-ring (bicyclic) bond motifs is 8. The fourth-order valence-electron chi connectivity index (χ4n) is 7.30. The Bertz CT molecular complexity index is 2270. The number of hydrogen-bond acceptors (Lipinski definition) is 7. The van der Waals surface area contributed by atoms with Crippen molar-refractivity contribution in [1.29, 1.82) is 0 Å². The molecule has 0 saturated heterocycles. The number of aryl methyl sites for hydroxylation is 3. The molecule has 0 fully saturated rings. The van der Waals surface area contributed by atoms with Crippen molar-refractivity contribution in [2.75, 3.05) is 11.5 Å². The second kappa shape index (κ2) is 14.3. The van der Waals surface area contributed by atoms with E-state index in [-0.39, 0.29) is 53.2 Å². The zero-order valence-electron chi connectivity index (χ0n) is 31.5. The quantitative estimate of drug-likeness (QED) is 0.183. The van der Waals surface area contributed by atoms with Gasteiger partial charge in [0.2, 0.25) is 0 Å². The summed E-state index contributed by atoms with van der Waals surface area (Å²) in [6.45, 7) is 11.5. The monoisotopic (exact) mass is 746 g/mol. The fraction of sp³-hybridized carbons (Fsp3) is 0.439. The highest BCUT2D eigenvalue weighted by atomic mass is 32.2. The molecular weight excluding hydrogens is 699 g/mol. The van der Waals surface area contributed by atoms with Gasteiger partial charge in [-0.1, -0.05) is 44.5 Å². The molecule has 5 aromatic rings. The van der Waals surface area contributed by atoms with Gasteiger partial charge in [-0.15, -0.1) is 0 Å². The lowest BCUT2D eigenvalue weighted by Crippen LogP contribution is -2.29. The third-order valence-electron chi connectivity index (χ3n) is 9.93. The van der Waals surface area contributed by atoms with Gasteiger partial charge in [-0.05, 0) is 94.2 Å². The van der Waals surface area contributed by atoms with Gasteiger partial charge >= 0.3 is 5.97 Å². The number of hydrogen-bond donors (Lipinski definition) is 1. The number of ether oxygens (including phenoxy) is 2. The number of halogens is 2. The summed E-state index contributed by atoms with van der Waals surface area (Å²) >= 11 is 0. The summed E-state index contributed by atoms with van der Waals surface area (Å²) in [6.07, 6.45) is 4.19. The van der Waals surface area contributed by atoms with E-state index < -0.39 is 37.9 Å². The van der Waals surface area contributed by atoms with E-state index >= 15 is 8.78 Å². The van der Waals surface area contributed by atoms with Crippen LogP contribution in [0.3, 0.4) is 0 Å². The number of esters is 1. The number of H-pyrrole nitrogens is 1. The topological polar surface area (TPSA) is 116 Å². The van der Waals surface area contributed by atoms with E-state index in [9.17, 15) is 13.2 Å². The molecule has 0 aliphatic carbocycles. The molecule has 2 aromatic heterocycles. The van der Waals surface area contributed by atoms with Gasteiger partial charge in [0, 0.05) is 42.2 Å². The minimum absolute atomic E-state index is 0.0307. The third-order valence-corrected chi connectivity index (χ3v) is 12.0. The smallest absolute Gasteiger partial charge is 0.306 e. The van der Waals surface area contributed by atoms with Crippen molar-refractivity contribution in [3.63, 3.8) is 0 Å². The van der Waals surface area contributed by atoms with Crippen LogP contribution in [0.5, 0.6) is 11.5 Å². The molecule has 0 amide bonds. The van der Waals surface area contributed by atoms with Crippen LogP contribution in [0.1, 0.15) is 89.7 Å². The molecule has 53 heavy (non-hydrogen) atoms. The van der Waals surface area contributed by atoms with Crippen molar-refractivity contribution in [2.24, 2.45) is 12.5 Å². The van der Waals surface area contributed by atoms with Gasteiger partial charge in [0.1, 0.15) is 17.2 Å². The molecular formula is C41H48F2N4O5S. The van der Waals surface area contributed by atoms with E-state index in [0.717, 1.165) is 11.1 Å². The molecule has 1 aliphatic rings. The lowest BCUT2D eigenvalue weighted by molar-refractivity contribution is -0.154. The van der Waals surface area contributed by atoms with Gasteiger partial charge in [-0.3, -0.25) is 4.79 Å². The average molecular weight is 747 g/mol. The van der Waals surface area contributed by atoms with Gasteiger partial charge in [-0.25, -0.2) is 26.9 Å². The van der Waals surface area contributed by atoms with Crippen LogP contribution in [0.2, 0.25) is 0 Å². The molecule has 0 radical (unpaired) electrons. The van der Waals surface area contributed by atoms with Crippen molar-refractivity contribution in [2.45, 2.75) is 91.1 Å². The van der Waals surface area contributed by atoms with Crippen LogP contribution in [0, 0.1) is 17.0 Å². The highest BCUT2D eigenvalue weighted by molar-refractivity contribution is 7.91. The van der Waals surface area contributed by atoms with Crippen LogP contribution < -0.4 is 4.74 Å². The summed E-state index contributed by atoms with van der Waals surface area (Å²) in [5.41, 5.74) is 0.986. The predicted octanol–water partition coefficient (Wildman–Crippen LogP) is 8.78. The highest BCUT2D eigenvalue weighted by Gasteiger charge is 2.36. The summed E-state index contributed by atoms with van der Waals surface area (Å²) < 4.78 is 72.0.